The summed E-state index contributed by atoms with van der Waals surface area (Å²) in [5, 5.41) is 8.86. The molecule has 0 unspecified atom stereocenters. The van der Waals surface area contributed by atoms with E-state index in [-0.39, 0.29) is 5.57 Å². The van der Waals surface area contributed by atoms with Crippen LogP contribution < -0.4 is 15.2 Å². The highest BCUT2D eigenvalue weighted by atomic mass is 16.5. The van der Waals surface area contributed by atoms with Crippen molar-refractivity contribution in [3.05, 3.63) is 65.2 Å². The summed E-state index contributed by atoms with van der Waals surface area (Å²) < 4.78 is 11.2. The number of aryl methyl sites for hydroxylation is 1. The maximum Gasteiger partial charge on any atom is 0.259 e. The van der Waals surface area contributed by atoms with Gasteiger partial charge in [0.15, 0.2) is 0 Å². The van der Waals surface area contributed by atoms with E-state index in [4.69, 9.17) is 20.5 Å². The van der Waals surface area contributed by atoms with Crippen molar-refractivity contribution in [2.75, 3.05) is 13.2 Å². The Hall–Kier alpha value is -3.26. The van der Waals surface area contributed by atoms with E-state index in [0.29, 0.717) is 24.5 Å². The van der Waals surface area contributed by atoms with E-state index >= 15 is 0 Å². The van der Waals surface area contributed by atoms with Crippen LogP contribution >= 0.6 is 0 Å². The predicted octanol–water partition coefficient (Wildman–Crippen LogP) is 2.85. The molecule has 0 aromatic heterocycles. The quantitative estimate of drug-likeness (QED) is 0.482. The van der Waals surface area contributed by atoms with Crippen molar-refractivity contribution in [2.24, 2.45) is 5.73 Å². The van der Waals surface area contributed by atoms with Crippen molar-refractivity contribution < 1.29 is 14.3 Å². The lowest BCUT2D eigenvalue weighted by molar-refractivity contribution is -0.114. The Morgan fingerprint density at radius 1 is 1.12 bits per heavy atom. The van der Waals surface area contributed by atoms with Gasteiger partial charge in [0.25, 0.3) is 5.91 Å². The highest BCUT2D eigenvalue weighted by molar-refractivity contribution is 6.00. The summed E-state index contributed by atoms with van der Waals surface area (Å²) in [6, 6.07) is 16.6. The molecule has 0 radical (unpaired) electrons. The normalized spacial score (nSPS) is 10.8. The van der Waals surface area contributed by atoms with Gasteiger partial charge in [0.05, 0.1) is 0 Å². The third kappa shape index (κ3) is 5.18. The fourth-order valence-corrected chi connectivity index (χ4v) is 1.97. The zero-order chi connectivity index (χ0) is 17.4. The molecule has 2 aromatic carbocycles. The van der Waals surface area contributed by atoms with E-state index in [9.17, 15) is 4.79 Å². The van der Waals surface area contributed by atoms with Gasteiger partial charge < -0.3 is 15.2 Å². The number of nitrogens with two attached hydrogens (primary N) is 1. The average Bonchev–Trinajstić information content (AvgIpc) is 2.58. The standard InChI is InChI=1S/C19H18N2O3/c1-14-5-7-17(8-6-14)23-9-10-24-18-4-2-3-15(12-18)11-16(13-20)19(21)22/h2-8,11-12H,9-10H2,1H3,(H2,21,22). The molecular weight excluding hydrogens is 304 g/mol. The molecule has 0 heterocycles. The summed E-state index contributed by atoms with van der Waals surface area (Å²) in [7, 11) is 0. The first-order valence-corrected chi connectivity index (χ1v) is 7.42. The molecule has 24 heavy (non-hydrogen) atoms. The summed E-state index contributed by atoms with van der Waals surface area (Å²) in [4.78, 5) is 11.1. The van der Waals surface area contributed by atoms with Crippen LogP contribution in [0.1, 0.15) is 11.1 Å². The number of nitriles is 1. The number of hydrogen-bond donors (Lipinski definition) is 1. The lowest BCUT2D eigenvalue weighted by atomic mass is 10.1. The van der Waals surface area contributed by atoms with E-state index in [2.05, 4.69) is 0 Å². The number of primary amides is 1. The Morgan fingerprint density at radius 2 is 1.79 bits per heavy atom. The molecule has 0 aliphatic heterocycles. The molecule has 5 nitrogen and oxygen atoms in total. The number of ether oxygens (including phenoxy) is 2. The van der Waals surface area contributed by atoms with Crippen LogP contribution in [0.25, 0.3) is 6.08 Å². The van der Waals surface area contributed by atoms with Gasteiger partial charge in [-0.2, -0.15) is 5.26 Å². The van der Waals surface area contributed by atoms with E-state index in [1.165, 1.54) is 11.6 Å². The van der Waals surface area contributed by atoms with Crippen molar-refractivity contribution in [1.82, 2.24) is 0 Å². The third-order valence-corrected chi connectivity index (χ3v) is 3.20. The second-order valence-corrected chi connectivity index (χ2v) is 5.12. The minimum Gasteiger partial charge on any atom is -0.490 e. The molecule has 5 heteroatoms. The van der Waals surface area contributed by atoms with Crippen LogP contribution in [0, 0.1) is 18.3 Å². The molecule has 0 saturated carbocycles. The molecule has 0 spiro atoms. The molecule has 122 valence electrons. The minimum absolute atomic E-state index is 0.102. The zero-order valence-corrected chi connectivity index (χ0v) is 13.4. The highest BCUT2D eigenvalue weighted by Crippen LogP contribution is 2.16. The number of carbonyl (C=O) groups is 1. The Kier molecular flexibility index (Phi) is 5.98. The first-order valence-electron chi connectivity index (χ1n) is 7.42. The van der Waals surface area contributed by atoms with Crippen molar-refractivity contribution in [2.45, 2.75) is 6.92 Å². The van der Waals surface area contributed by atoms with Crippen LogP contribution in [-0.2, 0) is 4.79 Å². The molecule has 2 aromatic rings. The minimum atomic E-state index is -0.754. The first kappa shape index (κ1) is 17.1. The Labute approximate surface area is 140 Å². The molecule has 0 aliphatic rings. The second-order valence-electron chi connectivity index (χ2n) is 5.12. The highest BCUT2D eigenvalue weighted by Gasteiger charge is 2.04. The number of carbonyl (C=O) groups excluding carboxylic acids is 1. The van der Waals surface area contributed by atoms with E-state index < -0.39 is 5.91 Å². The third-order valence-electron chi connectivity index (χ3n) is 3.20. The van der Waals surface area contributed by atoms with Gasteiger partial charge in [0.1, 0.15) is 36.4 Å². The second kappa shape index (κ2) is 8.39. The van der Waals surface area contributed by atoms with Crippen LogP contribution in [0.2, 0.25) is 0 Å². The number of rotatable bonds is 7. The monoisotopic (exact) mass is 322 g/mol. The number of nitrogens with zero attached hydrogens (tertiary/aromatic N) is 1. The van der Waals surface area contributed by atoms with E-state index in [1.54, 1.807) is 30.3 Å². The first-order chi connectivity index (χ1) is 11.6. The average molecular weight is 322 g/mol. The maximum absolute atomic E-state index is 11.1. The number of hydrogen-bond acceptors (Lipinski definition) is 4. The van der Waals surface area contributed by atoms with Gasteiger partial charge in [-0.3, -0.25) is 4.79 Å². The van der Waals surface area contributed by atoms with Crippen molar-refractivity contribution in [3.63, 3.8) is 0 Å². The number of amides is 1. The Balaban J connectivity index is 1.89. The van der Waals surface area contributed by atoms with E-state index in [0.717, 1.165) is 5.75 Å². The molecule has 0 atom stereocenters. The van der Waals surface area contributed by atoms with Gasteiger partial charge in [-0.15, -0.1) is 0 Å². The summed E-state index contributed by atoms with van der Waals surface area (Å²) in [5.74, 6) is 0.661. The topological polar surface area (TPSA) is 85.3 Å². The predicted molar refractivity (Wildman–Crippen MR) is 91.4 cm³/mol. The molecule has 0 aliphatic carbocycles. The molecule has 2 rings (SSSR count). The van der Waals surface area contributed by atoms with Crippen LogP contribution in [-0.4, -0.2) is 19.1 Å². The van der Waals surface area contributed by atoms with Crippen molar-refractivity contribution >= 4 is 12.0 Å². The zero-order valence-electron chi connectivity index (χ0n) is 13.4. The number of benzene rings is 2. The fraction of sp³-hybridized carbons (Fsp3) is 0.158. The maximum atomic E-state index is 11.1. The van der Waals surface area contributed by atoms with Crippen molar-refractivity contribution in [3.8, 4) is 17.6 Å². The van der Waals surface area contributed by atoms with Crippen LogP contribution in [0.4, 0.5) is 0 Å². The lowest BCUT2D eigenvalue weighted by Gasteiger charge is -2.09. The van der Waals surface area contributed by atoms with Gasteiger partial charge >= 0.3 is 0 Å². The summed E-state index contributed by atoms with van der Waals surface area (Å²) in [5.41, 5.74) is 6.86. The van der Waals surface area contributed by atoms with Gasteiger partial charge in [-0.05, 0) is 42.8 Å². The van der Waals surface area contributed by atoms with E-state index in [1.807, 2.05) is 31.2 Å². The molecule has 0 fully saturated rings. The summed E-state index contributed by atoms with van der Waals surface area (Å²) in [6.45, 7) is 2.81. The fourth-order valence-electron chi connectivity index (χ4n) is 1.97. The summed E-state index contributed by atoms with van der Waals surface area (Å²) in [6.07, 6.45) is 1.43. The molecule has 0 saturated heterocycles. The largest absolute Gasteiger partial charge is 0.490 e. The van der Waals surface area contributed by atoms with Gasteiger partial charge in [0, 0.05) is 0 Å². The van der Waals surface area contributed by atoms with Crippen molar-refractivity contribution in [1.29, 1.82) is 5.26 Å². The molecule has 1 amide bonds. The Morgan fingerprint density at radius 3 is 2.42 bits per heavy atom. The Bertz CT molecular complexity index is 774. The van der Waals surface area contributed by atoms with Crippen LogP contribution in [0.3, 0.4) is 0 Å². The molecular formula is C19H18N2O3. The van der Waals surface area contributed by atoms with Gasteiger partial charge in [-0.1, -0.05) is 29.8 Å². The molecule has 2 N–H and O–H groups in total. The lowest BCUT2D eigenvalue weighted by Crippen LogP contribution is -2.12. The SMILES string of the molecule is Cc1ccc(OCCOc2cccc(C=C(C#N)C(N)=O)c2)cc1. The van der Waals surface area contributed by atoms with Crippen LogP contribution in [0.5, 0.6) is 11.5 Å². The smallest absolute Gasteiger partial charge is 0.259 e. The molecule has 0 bridgehead atoms. The van der Waals surface area contributed by atoms with Gasteiger partial charge in [-0.25, -0.2) is 0 Å². The van der Waals surface area contributed by atoms with Crippen LogP contribution in [0.15, 0.2) is 54.1 Å². The summed E-state index contributed by atoms with van der Waals surface area (Å²) >= 11 is 0. The van der Waals surface area contributed by atoms with Gasteiger partial charge in [0.2, 0.25) is 0 Å².